The first-order valence-corrected chi connectivity index (χ1v) is 18.0. The van der Waals surface area contributed by atoms with E-state index in [9.17, 15) is 18.0 Å². The Hall–Kier alpha value is -4.25. The predicted molar refractivity (Wildman–Crippen MR) is 194 cm³/mol. The van der Waals surface area contributed by atoms with E-state index in [4.69, 9.17) is 32.7 Å². The number of benzene rings is 4. The molecule has 0 spiro atoms. The fourth-order valence-electron chi connectivity index (χ4n) is 5.17. The van der Waals surface area contributed by atoms with Crippen molar-refractivity contribution in [3.63, 3.8) is 0 Å². The fraction of sp³-hybridized carbons (Fsp3) is 0.297. The molecule has 2 atom stereocenters. The number of hydrogen-bond donors (Lipinski definition) is 1. The molecule has 0 saturated heterocycles. The number of carbonyl (C=O) groups excluding carboxylic acids is 2. The van der Waals surface area contributed by atoms with Crippen LogP contribution in [0.2, 0.25) is 10.0 Å². The minimum Gasteiger partial charge on any atom is -0.493 e. The van der Waals surface area contributed by atoms with E-state index in [1.807, 2.05) is 51.1 Å². The summed E-state index contributed by atoms with van der Waals surface area (Å²) in [4.78, 5) is 30.1. The largest absolute Gasteiger partial charge is 0.493 e. The molecule has 260 valence electrons. The van der Waals surface area contributed by atoms with Gasteiger partial charge in [0.1, 0.15) is 12.6 Å². The number of ether oxygens (including phenoxy) is 2. The molecule has 0 aliphatic heterocycles. The Labute approximate surface area is 298 Å². The number of rotatable bonds is 15. The number of nitrogens with zero attached hydrogens (tertiary/aromatic N) is 2. The first kappa shape index (κ1) is 37.6. The zero-order chi connectivity index (χ0) is 35.7. The van der Waals surface area contributed by atoms with Crippen molar-refractivity contribution < 1.29 is 27.5 Å². The van der Waals surface area contributed by atoms with Crippen LogP contribution in [0, 0.1) is 6.92 Å². The van der Waals surface area contributed by atoms with Crippen molar-refractivity contribution >= 4 is 50.7 Å². The topological polar surface area (TPSA) is 105 Å². The maximum Gasteiger partial charge on any atom is 0.264 e. The molecule has 0 aliphatic rings. The van der Waals surface area contributed by atoms with E-state index in [0.29, 0.717) is 27.8 Å². The number of anilines is 1. The van der Waals surface area contributed by atoms with Gasteiger partial charge >= 0.3 is 0 Å². The summed E-state index contributed by atoms with van der Waals surface area (Å²) in [5.74, 6) is -0.349. The zero-order valence-corrected chi connectivity index (χ0v) is 30.5. The molecule has 2 unspecified atom stereocenters. The molecule has 12 heteroatoms. The van der Waals surface area contributed by atoms with Gasteiger partial charge in [-0.3, -0.25) is 13.9 Å². The van der Waals surface area contributed by atoms with Gasteiger partial charge in [0, 0.05) is 35.1 Å². The van der Waals surface area contributed by atoms with E-state index in [1.165, 1.54) is 43.4 Å². The quantitative estimate of drug-likeness (QED) is 0.141. The van der Waals surface area contributed by atoms with Crippen molar-refractivity contribution in [2.75, 3.05) is 25.1 Å². The average molecular weight is 727 g/mol. The Morgan fingerprint density at radius 1 is 0.878 bits per heavy atom. The van der Waals surface area contributed by atoms with Crippen molar-refractivity contribution in [1.29, 1.82) is 0 Å². The second-order valence-electron chi connectivity index (χ2n) is 11.6. The van der Waals surface area contributed by atoms with E-state index in [1.54, 1.807) is 36.4 Å². The molecule has 9 nitrogen and oxygen atoms in total. The average Bonchev–Trinajstić information content (AvgIpc) is 3.09. The Morgan fingerprint density at radius 2 is 1.55 bits per heavy atom. The second-order valence-corrected chi connectivity index (χ2v) is 14.4. The van der Waals surface area contributed by atoms with E-state index in [-0.39, 0.29) is 41.2 Å². The molecule has 0 saturated carbocycles. The van der Waals surface area contributed by atoms with Gasteiger partial charge in [0.25, 0.3) is 10.0 Å². The van der Waals surface area contributed by atoms with Crippen LogP contribution in [-0.4, -0.2) is 58.0 Å². The number of methoxy groups -OCH3 is 2. The Balaban J connectivity index is 1.87. The van der Waals surface area contributed by atoms with Crippen molar-refractivity contribution in [2.45, 2.75) is 57.1 Å². The zero-order valence-electron chi connectivity index (χ0n) is 28.2. The van der Waals surface area contributed by atoms with Gasteiger partial charge in [-0.2, -0.15) is 0 Å². The Kier molecular flexibility index (Phi) is 13.0. The van der Waals surface area contributed by atoms with Crippen LogP contribution in [0.15, 0.2) is 95.9 Å². The van der Waals surface area contributed by atoms with Gasteiger partial charge in [0.05, 0.1) is 24.8 Å². The van der Waals surface area contributed by atoms with Gasteiger partial charge in [-0.05, 0) is 67.8 Å². The van der Waals surface area contributed by atoms with Crippen LogP contribution in [0.25, 0.3) is 0 Å². The molecule has 0 heterocycles. The normalized spacial score (nSPS) is 12.5. The SMILES string of the molecule is CCC(C)NC(=O)C(Cc1ccccc1)N(Cc1ccc(Cl)cc1Cl)C(=O)CN(c1ccc(OC)c(OC)c1)S(=O)(=O)c1ccc(C)cc1. The summed E-state index contributed by atoms with van der Waals surface area (Å²) in [6.45, 7) is 4.95. The summed E-state index contributed by atoms with van der Waals surface area (Å²) in [5, 5.41) is 3.73. The molecule has 4 aromatic carbocycles. The first-order valence-electron chi connectivity index (χ1n) is 15.8. The number of aryl methyl sites for hydroxylation is 1. The monoisotopic (exact) mass is 725 g/mol. The van der Waals surface area contributed by atoms with Gasteiger partial charge in [-0.25, -0.2) is 8.42 Å². The summed E-state index contributed by atoms with van der Waals surface area (Å²) in [7, 11) is -1.40. The molecule has 0 aliphatic carbocycles. The molecule has 0 bridgehead atoms. The molecule has 49 heavy (non-hydrogen) atoms. The highest BCUT2D eigenvalue weighted by atomic mass is 35.5. The number of nitrogens with one attached hydrogen (secondary N) is 1. The van der Waals surface area contributed by atoms with Crippen LogP contribution < -0.4 is 19.1 Å². The third-order valence-corrected chi connectivity index (χ3v) is 10.5. The minimum absolute atomic E-state index is 0.0108. The molecular formula is C37H41Cl2N3O6S. The van der Waals surface area contributed by atoms with Crippen molar-refractivity contribution in [1.82, 2.24) is 10.2 Å². The molecule has 0 aromatic heterocycles. The summed E-state index contributed by atoms with van der Waals surface area (Å²) >= 11 is 12.8. The smallest absolute Gasteiger partial charge is 0.264 e. The molecule has 1 N–H and O–H groups in total. The number of hydrogen-bond acceptors (Lipinski definition) is 6. The minimum atomic E-state index is -4.31. The summed E-state index contributed by atoms with van der Waals surface area (Å²) in [6, 6.07) is 24.0. The molecule has 0 radical (unpaired) electrons. The van der Waals surface area contributed by atoms with Gasteiger partial charge in [0.2, 0.25) is 11.8 Å². The predicted octanol–water partition coefficient (Wildman–Crippen LogP) is 7.07. The van der Waals surface area contributed by atoms with Crippen LogP contribution >= 0.6 is 23.2 Å². The summed E-state index contributed by atoms with van der Waals surface area (Å²) in [5.41, 5.74) is 2.39. The Morgan fingerprint density at radius 3 is 2.16 bits per heavy atom. The lowest BCUT2D eigenvalue weighted by Gasteiger charge is -2.34. The standard InChI is InChI=1S/C37H41Cl2N3O6S/c1-6-26(3)40-37(44)33(20-27-10-8-7-9-11-27)41(23-28-14-15-29(38)21-32(28)39)36(43)24-42(30-16-19-34(47-4)35(22-30)48-5)49(45,46)31-17-12-25(2)13-18-31/h7-19,21-22,26,33H,6,20,23-24H2,1-5H3,(H,40,44). The first-order chi connectivity index (χ1) is 23.4. The second kappa shape index (κ2) is 16.9. The van der Waals surface area contributed by atoms with E-state index in [2.05, 4.69) is 5.32 Å². The van der Waals surface area contributed by atoms with E-state index < -0.39 is 28.5 Å². The third kappa shape index (κ3) is 9.47. The molecule has 0 fully saturated rings. The highest BCUT2D eigenvalue weighted by Crippen LogP contribution is 2.34. The van der Waals surface area contributed by atoms with Crippen LogP contribution in [0.1, 0.15) is 37.0 Å². The fourth-order valence-corrected chi connectivity index (χ4v) is 7.05. The third-order valence-electron chi connectivity index (χ3n) is 8.17. The van der Waals surface area contributed by atoms with E-state index in [0.717, 1.165) is 15.4 Å². The van der Waals surface area contributed by atoms with Crippen LogP contribution in [0.3, 0.4) is 0 Å². The number of amides is 2. The van der Waals surface area contributed by atoms with Crippen molar-refractivity contribution in [3.05, 3.63) is 118 Å². The highest BCUT2D eigenvalue weighted by molar-refractivity contribution is 7.92. The number of carbonyl (C=O) groups is 2. The highest BCUT2D eigenvalue weighted by Gasteiger charge is 2.35. The number of halogens is 2. The van der Waals surface area contributed by atoms with Gasteiger partial charge < -0.3 is 19.7 Å². The molecule has 4 rings (SSSR count). The number of sulfonamides is 1. The van der Waals surface area contributed by atoms with Gasteiger partial charge in [-0.15, -0.1) is 0 Å². The summed E-state index contributed by atoms with van der Waals surface area (Å²) < 4.78 is 40.6. The lowest BCUT2D eigenvalue weighted by molar-refractivity contribution is -0.140. The molecule has 2 amide bonds. The lowest BCUT2D eigenvalue weighted by Crippen LogP contribution is -2.54. The Bertz CT molecular complexity index is 1860. The van der Waals surface area contributed by atoms with Crippen LogP contribution in [-0.2, 0) is 32.6 Å². The molecule has 4 aromatic rings. The van der Waals surface area contributed by atoms with Crippen molar-refractivity contribution in [3.8, 4) is 11.5 Å². The maximum atomic E-state index is 14.7. The van der Waals surface area contributed by atoms with Crippen molar-refractivity contribution in [2.24, 2.45) is 0 Å². The maximum absolute atomic E-state index is 14.7. The summed E-state index contributed by atoms with van der Waals surface area (Å²) in [6.07, 6.45) is 0.837. The van der Waals surface area contributed by atoms with E-state index >= 15 is 0 Å². The molecular weight excluding hydrogens is 685 g/mol. The van der Waals surface area contributed by atoms with Gasteiger partial charge in [-0.1, -0.05) is 84.2 Å². The van der Waals surface area contributed by atoms with Gasteiger partial charge in [0.15, 0.2) is 11.5 Å². The lowest BCUT2D eigenvalue weighted by atomic mass is 10.0. The van der Waals surface area contributed by atoms with Crippen LogP contribution in [0.5, 0.6) is 11.5 Å². The van der Waals surface area contributed by atoms with Crippen LogP contribution in [0.4, 0.5) is 5.69 Å².